The summed E-state index contributed by atoms with van der Waals surface area (Å²) in [7, 11) is -2.12. The molecule has 8 heteroatoms. The maximum absolute atomic E-state index is 12.3. The summed E-state index contributed by atoms with van der Waals surface area (Å²) in [6.07, 6.45) is 4.50. The fraction of sp³-hybridized carbons (Fsp3) is 0.0952. The van der Waals surface area contributed by atoms with E-state index in [2.05, 4.69) is 10.0 Å². The van der Waals surface area contributed by atoms with Crippen LogP contribution in [0.25, 0.3) is 6.08 Å². The van der Waals surface area contributed by atoms with Crippen molar-refractivity contribution >= 4 is 27.7 Å². The molecule has 7 nitrogen and oxygen atoms in total. The van der Waals surface area contributed by atoms with Crippen LogP contribution in [0.4, 0.5) is 5.69 Å². The summed E-state index contributed by atoms with van der Waals surface area (Å²) < 4.78 is 37.4. The van der Waals surface area contributed by atoms with Gasteiger partial charge in [0.1, 0.15) is 11.5 Å². The number of para-hydroxylation sites is 1. The number of anilines is 1. The van der Waals surface area contributed by atoms with E-state index < -0.39 is 10.0 Å². The number of methoxy groups -OCH3 is 1. The molecule has 1 heterocycles. The molecule has 0 unspecified atom stereocenters. The standard InChI is InChI=1S/C21H20N2O5S/c1-27-20-7-3-2-5-16(20)8-13-21(24)23-17-9-11-19(12-10-17)29(25,26)22-15-18-6-4-14-28-18/h2-14,22H,15H2,1H3,(H,23,24). The minimum atomic E-state index is -3.69. The van der Waals surface area contributed by atoms with Gasteiger partial charge >= 0.3 is 0 Å². The number of sulfonamides is 1. The Morgan fingerprint density at radius 3 is 2.52 bits per heavy atom. The highest BCUT2D eigenvalue weighted by atomic mass is 32.2. The van der Waals surface area contributed by atoms with Crippen molar-refractivity contribution in [3.63, 3.8) is 0 Å². The number of nitrogens with one attached hydrogen (secondary N) is 2. The zero-order chi connectivity index (χ0) is 20.7. The third kappa shape index (κ3) is 5.56. The van der Waals surface area contributed by atoms with Crippen LogP contribution in [0.5, 0.6) is 5.75 Å². The van der Waals surface area contributed by atoms with Gasteiger partial charge in [-0.1, -0.05) is 18.2 Å². The topological polar surface area (TPSA) is 97.6 Å². The Hall–Kier alpha value is -3.36. The van der Waals surface area contributed by atoms with Gasteiger partial charge in [0.25, 0.3) is 0 Å². The highest BCUT2D eigenvalue weighted by Gasteiger charge is 2.14. The highest BCUT2D eigenvalue weighted by Crippen LogP contribution is 2.19. The van der Waals surface area contributed by atoms with Gasteiger partial charge in [0, 0.05) is 17.3 Å². The van der Waals surface area contributed by atoms with E-state index in [1.165, 1.54) is 36.6 Å². The molecule has 0 fully saturated rings. The lowest BCUT2D eigenvalue weighted by atomic mass is 10.2. The van der Waals surface area contributed by atoms with E-state index in [-0.39, 0.29) is 17.3 Å². The highest BCUT2D eigenvalue weighted by molar-refractivity contribution is 7.89. The molecule has 1 aromatic heterocycles. The van der Waals surface area contributed by atoms with Crippen molar-refractivity contribution < 1.29 is 22.4 Å². The second-order valence-corrected chi connectivity index (χ2v) is 7.76. The summed E-state index contributed by atoms with van der Waals surface area (Å²) in [6.45, 7) is 0.0571. The summed E-state index contributed by atoms with van der Waals surface area (Å²) in [4.78, 5) is 12.2. The van der Waals surface area contributed by atoms with Crippen LogP contribution in [0.1, 0.15) is 11.3 Å². The van der Waals surface area contributed by atoms with Crippen molar-refractivity contribution in [1.82, 2.24) is 4.72 Å². The molecule has 0 atom stereocenters. The molecule has 0 saturated carbocycles. The first-order valence-corrected chi connectivity index (χ1v) is 10.2. The van der Waals surface area contributed by atoms with Crippen LogP contribution in [0.3, 0.4) is 0 Å². The number of amides is 1. The zero-order valence-corrected chi connectivity index (χ0v) is 16.5. The lowest BCUT2D eigenvalue weighted by molar-refractivity contribution is -0.111. The van der Waals surface area contributed by atoms with Gasteiger partial charge in [-0.2, -0.15) is 0 Å². The molecule has 150 valence electrons. The third-order valence-corrected chi connectivity index (χ3v) is 5.42. The smallest absolute Gasteiger partial charge is 0.248 e. The Bertz CT molecular complexity index is 1090. The summed E-state index contributed by atoms with van der Waals surface area (Å²) in [5.41, 5.74) is 1.25. The molecule has 2 aromatic carbocycles. The van der Waals surface area contributed by atoms with Crippen molar-refractivity contribution in [1.29, 1.82) is 0 Å². The number of rotatable bonds is 8. The molecule has 3 rings (SSSR count). The van der Waals surface area contributed by atoms with E-state index in [4.69, 9.17) is 9.15 Å². The second-order valence-electron chi connectivity index (χ2n) is 5.99. The molecule has 0 spiro atoms. The van der Waals surface area contributed by atoms with E-state index >= 15 is 0 Å². The summed E-state index contributed by atoms with van der Waals surface area (Å²) in [6, 6.07) is 16.6. The van der Waals surface area contributed by atoms with Gasteiger partial charge in [-0.15, -0.1) is 0 Å². The Morgan fingerprint density at radius 2 is 1.83 bits per heavy atom. The molecule has 1 amide bonds. The fourth-order valence-corrected chi connectivity index (χ4v) is 3.53. The first kappa shape index (κ1) is 20.4. The van der Waals surface area contributed by atoms with Gasteiger partial charge in [-0.05, 0) is 48.5 Å². The fourth-order valence-electron chi connectivity index (χ4n) is 2.53. The monoisotopic (exact) mass is 412 g/mol. The maximum Gasteiger partial charge on any atom is 0.248 e. The molecule has 0 radical (unpaired) electrons. The molecule has 0 saturated heterocycles. The first-order chi connectivity index (χ1) is 14.0. The minimum Gasteiger partial charge on any atom is -0.496 e. The van der Waals surface area contributed by atoms with E-state index in [0.29, 0.717) is 17.2 Å². The Kier molecular flexibility index (Phi) is 6.48. The quantitative estimate of drug-likeness (QED) is 0.553. The number of carbonyl (C=O) groups is 1. The first-order valence-electron chi connectivity index (χ1n) is 8.72. The minimum absolute atomic E-state index is 0.0571. The second kappa shape index (κ2) is 9.22. The molecule has 2 N–H and O–H groups in total. The van der Waals surface area contributed by atoms with Crippen LogP contribution in [-0.4, -0.2) is 21.4 Å². The Balaban J connectivity index is 1.61. The lowest BCUT2D eigenvalue weighted by Crippen LogP contribution is -2.23. The molecule has 3 aromatic rings. The van der Waals surface area contributed by atoms with Gasteiger partial charge in [0.15, 0.2) is 0 Å². The zero-order valence-electron chi connectivity index (χ0n) is 15.7. The Labute approximate surface area is 169 Å². The Morgan fingerprint density at radius 1 is 1.07 bits per heavy atom. The van der Waals surface area contributed by atoms with Crippen molar-refractivity contribution in [3.8, 4) is 5.75 Å². The molecule has 0 aliphatic carbocycles. The summed E-state index contributed by atoms with van der Waals surface area (Å²) in [5.74, 6) is 0.829. The molecular weight excluding hydrogens is 392 g/mol. The van der Waals surface area contributed by atoms with Crippen molar-refractivity contribution in [2.75, 3.05) is 12.4 Å². The predicted octanol–water partition coefficient (Wildman–Crippen LogP) is 3.42. The van der Waals surface area contributed by atoms with Crippen LogP contribution in [0, 0.1) is 0 Å². The molecule has 0 aliphatic rings. The van der Waals surface area contributed by atoms with Crippen LogP contribution in [0.15, 0.2) is 82.3 Å². The van der Waals surface area contributed by atoms with Gasteiger partial charge in [-0.25, -0.2) is 13.1 Å². The number of carbonyl (C=O) groups excluding carboxylic acids is 1. The molecule has 0 aliphatic heterocycles. The summed E-state index contributed by atoms with van der Waals surface area (Å²) in [5, 5.41) is 2.69. The molecular formula is C21H20N2O5S. The predicted molar refractivity (Wildman–Crippen MR) is 110 cm³/mol. The number of hydrogen-bond donors (Lipinski definition) is 2. The average Bonchev–Trinajstić information content (AvgIpc) is 3.25. The summed E-state index contributed by atoms with van der Waals surface area (Å²) >= 11 is 0. The van der Waals surface area contributed by atoms with Gasteiger partial charge < -0.3 is 14.5 Å². The van der Waals surface area contributed by atoms with E-state index in [0.717, 1.165) is 5.56 Å². The van der Waals surface area contributed by atoms with Crippen LogP contribution < -0.4 is 14.8 Å². The largest absolute Gasteiger partial charge is 0.496 e. The number of benzene rings is 2. The molecule has 29 heavy (non-hydrogen) atoms. The maximum atomic E-state index is 12.3. The SMILES string of the molecule is COc1ccccc1C=CC(=O)Nc1ccc(S(=O)(=O)NCc2ccco2)cc1. The third-order valence-electron chi connectivity index (χ3n) is 4.00. The van der Waals surface area contributed by atoms with E-state index in [9.17, 15) is 13.2 Å². The van der Waals surface area contributed by atoms with Crippen LogP contribution >= 0.6 is 0 Å². The van der Waals surface area contributed by atoms with Crippen LogP contribution in [-0.2, 0) is 21.4 Å². The van der Waals surface area contributed by atoms with E-state index in [1.54, 1.807) is 31.4 Å². The van der Waals surface area contributed by atoms with Gasteiger partial charge in [-0.3, -0.25) is 4.79 Å². The number of furan rings is 1. The number of hydrogen-bond acceptors (Lipinski definition) is 5. The normalized spacial score (nSPS) is 11.5. The van der Waals surface area contributed by atoms with Gasteiger partial charge in [0.2, 0.25) is 15.9 Å². The van der Waals surface area contributed by atoms with Crippen molar-refractivity contribution in [2.24, 2.45) is 0 Å². The van der Waals surface area contributed by atoms with Crippen LogP contribution in [0.2, 0.25) is 0 Å². The number of ether oxygens (including phenoxy) is 1. The van der Waals surface area contributed by atoms with E-state index in [1.807, 2.05) is 18.2 Å². The molecule has 0 bridgehead atoms. The van der Waals surface area contributed by atoms with Crippen molar-refractivity contribution in [3.05, 3.63) is 84.3 Å². The van der Waals surface area contributed by atoms with Gasteiger partial charge in [0.05, 0.1) is 24.8 Å². The lowest BCUT2D eigenvalue weighted by Gasteiger charge is -2.07. The van der Waals surface area contributed by atoms with Crippen molar-refractivity contribution in [2.45, 2.75) is 11.4 Å². The average molecular weight is 412 g/mol.